The quantitative estimate of drug-likeness (QED) is 0.668. The summed E-state index contributed by atoms with van der Waals surface area (Å²) in [7, 11) is 0. The lowest BCUT2D eigenvalue weighted by atomic mass is 10.0. The highest BCUT2D eigenvalue weighted by Gasteiger charge is 2.07. The number of hydrogen-bond acceptors (Lipinski definition) is 3. The van der Waals surface area contributed by atoms with E-state index in [9.17, 15) is 4.39 Å². The molecular formula is C14H22FNO2. The summed E-state index contributed by atoms with van der Waals surface area (Å²) in [6, 6.07) is 4.40. The van der Waals surface area contributed by atoms with Gasteiger partial charge in [0.25, 0.3) is 0 Å². The lowest BCUT2D eigenvalue weighted by molar-refractivity contribution is 0.248. The third-order valence-electron chi connectivity index (χ3n) is 3.01. The van der Waals surface area contributed by atoms with Gasteiger partial charge >= 0.3 is 0 Å². The number of phenols is 1. The lowest BCUT2D eigenvalue weighted by Gasteiger charge is -2.15. The van der Waals surface area contributed by atoms with E-state index in [2.05, 4.69) is 12.2 Å². The summed E-state index contributed by atoms with van der Waals surface area (Å²) in [6.45, 7) is 3.72. The van der Waals surface area contributed by atoms with Crippen LogP contribution in [-0.4, -0.2) is 23.4 Å². The minimum Gasteiger partial charge on any atom is -0.505 e. The molecule has 0 amide bonds. The molecule has 3 nitrogen and oxygen atoms in total. The number of phenolic OH excluding ortho intramolecular Hbond substituents is 1. The number of rotatable bonds is 8. The molecule has 0 spiro atoms. The molecule has 0 aliphatic heterocycles. The number of hydrogen-bond donors (Lipinski definition) is 3. The van der Waals surface area contributed by atoms with Crippen LogP contribution in [0.4, 0.5) is 4.39 Å². The van der Waals surface area contributed by atoms with Crippen LogP contribution < -0.4 is 5.32 Å². The Morgan fingerprint density at radius 2 is 2.11 bits per heavy atom. The van der Waals surface area contributed by atoms with Crippen molar-refractivity contribution in [3.8, 4) is 5.75 Å². The average Bonchev–Trinajstić information content (AvgIpc) is 2.34. The van der Waals surface area contributed by atoms with E-state index in [1.54, 1.807) is 6.07 Å². The van der Waals surface area contributed by atoms with Crippen LogP contribution in [0.25, 0.3) is 0 Å². The molecule has 0 fully saturated rings. The van der Waals surface area contributed by atoms with Crippen LogP contribution in [0.2, 0.25) is 0 Å². The molecule has 1 atom stereocenters. The van der Waals surface area contributed by atoms with Crippen LogP contribution in [0.15, 0.2) is 18.2 Å². The second-order valence-corrected chi connectivity index (χ2v) is 4.58. The first-order valence-corrected chi connectivity index (χ1v) is 6.46. The summed E-state index contributed by atoms with van der Waals surface area (Å²) in [5, 5.41) is 21.3. The van der Waals surface area contributed by atoms with Gasteiger partial charge in [0.1, 0.15) is 0 Å². The first-order valence-electron chi connectivity index (χ1n) is 6.46. The Hall–Kier alpha value is -1.13. The van der Waals surface area contributed by atoms with E-state index in [0.29, 0.717) is 12.5 Å². The summed E-state index contributed by atoms with van der Waals surface area (Å²) in [5.41, 5.74) is 0.810. The van der Waals surface area contributed by atoms with Crippen molar-refractivity contribution in [1.82, 2.24) is 5.32 Å². The molecule has 3 N–H and O–H groups in total. The lowest BCUT2D eigenvalue weighted by Crippen LogP contribution is -2.23. The number of aliphatic hydroxyl groups excluding tert-OH is 1. The van der Waals surface area contributed by atoms with Gasteiger partial charge in [0.15, 0.2) is 11.6 Å². The molecule has 0 aliphatic rings. The van der Waals surface area contributed by atoms with Gasteiger partial charge in [0.2, 0.25) is 0 Å². The fourth-order valence-electron chi connectivity index (χ4n) is 2.02. The van der Waals surface area contributed by atoms with E-state index in [4.69, 9.17) is 10.2 Å². The van der Waals surface area contributed by atoms with Crippen molar-refractivity contribution in [1.29, 1.82) is 0 Å². The molecule has 0 heterocycles. The van der Waals surface area contributed by atoms with Crippen molar-refractivity contribution in [2.24, 2.45) is 5.92 Å². The third kappa shape index (κ3) is 5.02. The monoisotopic (exact) mass is 255 g/mol. The fraction of sp³-hybridized carbons (Fsp3) is 0.571. The average molecular weight is 255 g/mol. The van der Waals surface area contributed by atoms with E-state index in [1.165, 1.54) is 12.1 Å². The molecule has 18 heavy (non-hydrogen) atoms. The number of halogens is 1. The van der Waals surface area contributed by atoms with Gasteiger partial charge in [-0.3, -0.25) is 0 Å². The van der Waals surface area contributed by atoms with Gasteiger partial charge in [-0.25, -0.2) is 4.39 Å². The summed E-state index contributed by atoms with van der Waals surface area (Å²) in [5.74, 6) is -0.445. The van der Waals surface area contributed by atoms with Crippen LogP contribution in [0, 0.1) is 11.7 Å². The molecule has 102 valence electrons. The van der Waals surface area contributed by atoms with Crippen LogP contribution in [0.3, 0.4) is 0 Å². The van der Waals surface area contributed by atoms with Crippen molar-refractivity contribution in [3.63, 3.8) is 0 Å². The van der Waals surface area contributed by atoms with Gasteiger partial charge in [0.05, 0.1) is 0 Å². The Kier molecular flexibility index (Phi) is 6.68. The number of aromatic hydroxyl groups is 1. The molecule has 0 radical (unpaired) electrons. The Morgan fingerprint density at radius 1 is 1.33 bits per heavy atom. The van der Waals surface area contributed by atoms with Gasteiger partial charge in [-0.2, -0.15) is 0 Å². The van der Waals surface area contributed by atoms with Crippen molar-refractivity contribution in [3.05, 3.63) is 29.6 Å². The second kappa shape index (κ2) is 8.06. The summed E-state index contributed by atoms with van der Waals surface area (Å²) < 4.78 is 13.1. The van der Waals surface area contributed by atoms with Crippen LogP contribution in [0.1, 0.15) is 31.7 Å². The first kappa shape index (κ1) is 14.9. The molecule has 0 aliphatic carbocycles. The highest BCUT2D eigenvalue weighted by Crippen LogP contribution is 2.16. The Morgan fingerprint density at radius 3 is 2.72 bits per heavy atom. The highest BCUT2D eigenvalue weighted by atomic mass is 19.1. The highest BCUT2D eigenvalue weighted by molar-refractivity contribution is 5.27. The molecule has 0 bridgehead atoms. The molecule has 0 saturated carbocycles. The summed E-state index contributed by atoms with van der Waals surface area (Å²) in [6.07, 6.45) is 2.97. The minimum absolute atomic E-state index is 0.209. The van der Waals surface area contributed by atoms with E-state index < -0.39 is 5.82 Å². The zero-order valence-corrected chi connectivity index (χ0v) is 10.8. The fourth-order valence-corrected chi connectivity index (χ4v) is 2.02. The van der Waals surface area contributed by atoms with Gasteiger partial charge < -0.3 is 15.5 Å². The van der Waals surface area contributed by atoms with Crippen molar-refractivity contribution in [2.75, 3.05) is 13.2 Å². The standard InChI is InChI=1S/C14H22FNO2/c1-2-3-11(6-7-17)9-16-10-12-4-5-14(18)13(15)8-12/h4-5,8,11,16-18H,2-3,6-7,9-10H2,1H3. The maximum Gasteiger partial charge on any atom is 0.165 e. The number of aliphatic hydroxyl groups is 1. The van der Waals surface area contributed by atoms with Gasteiger partial charge in [-0.1, -0.05) is 19.4 Å². The number of nitrogens with one attached hydrogen (secondary N) is 1. The van der Waals surface area contributed by atoms with E-state index in [-0.39, 0.29) is 12.4 Å². The normalized spacial score (nSPS) is 12.6. The molecule has 1 unspecified atom stereocenters. The van der Waals surface area contributed by atoms with E-state index in [1.807, 2.05) is 0 Å². The molecule has 1 rings (SSSR count). The molecular weight excluding hydrogens is 233 g/mol. The van der Waals surface area contributed by atoms with Crippen molar-refractivity contribution in [2.45, 2.75) is 32.7 Å². The Labute approximate surface area is 108 Å². The predicted octanol–water partition coefficient (Wildman–Crippen LogP) is 2.42. The predicted molar refractivity (Wildman–Crippen MR) is 69.9 cm³/mol. The zero-order valence-electron chi connectivity index (χ0n) is 10.8. The van der Waals surface area contributed by atoms with Crippen LogP contribution in [0.5, 0.6) is 5.75 Å². The van der Waals surface area contributed by atoms with Gasteiger partial charge in [-0.15, -0.1) is 0 Å². The first-order chi connectivity index (χ1) is 8.67. The maximum absolute atomic E-state index is 13.1. The van der Waals surface area contributed by atoms with Gasteiger partial charge in [-0.05, 0) is 43.0 Å². The zero-order chi connectivity index (χ0) is 13.4. The largest absolute Gasteiger partial charge is 0.505 e. The smallest absolute Gasteiger partial charge is 0.165 e. The van der Waals surface area contributed by atoms with Crippen LogP contribution >= 0.6 is 0 Å². The molecule has 0 saturated heterocycles. The Bertz CT molecular complexity index is 352. The second-order valence-electron chi connectivity index (χ2n) is 4.58. The van der Waals surface area contributed by atoms with E-state index >= 15 is 0 Å². The topological polar surface area (TPSA) is 52.5 Å². The van der Waals surface area contributed by atoms with Crippen LogP contribution in [-0.2, 0) is 6.54 Å². The summed E-state index contributed by atoms with van der Waals surface area (Å²) >= 11 is 0. The number of benzene rings is 1. The molecule has 0 aromatic heterocycles. The van der Waals surface area contributed by atoms with E-state index in [0.717, 1.165) is 31.4 Å². The minimum atomic E-state index is -0.588. The maximum atomic E-state index is 13.1. The molecule has 4 heteroatoms. The Balaban J connectivity index is 2.37. The third-order valence-corrected chi connectivity index (χ3v) is 3.01. The summed E-state index contributed by atoms with van der Waals surface area (Å²) in [4.78, 5) is 0. The molecule has 1 aromatic carbocycles. The van der Waals surface area contributed by atoms with Crippen molar-refractivity contribution < 1.29 is 14.6 Å². The van der Waals surface area contributed by atoms with Crippen molar-refractivity contribution >= 4 is 0 Å². The SMILES string of the molecule is CCCC(CCO)CNCc1ccc(O)c(F)c1. The molecule has 1 aromatic rings. The van der Waals surface area contributed by atoms with Gasteiger partial charge in [0, 0.05) is 13.2 Å².